The van der Waals surface area contributed by atoms with Gasteiger partial charge in [-0.25, -0.2) is 0 Å². The highest BCUT2D eigenvalue weighted by Crippen LogP contribution is 2.29. The summed E-state index contributed by atoms with van der Waals surface area (Å²) < 4.78 is 0. The van der Waals surface area contributed by atoms with Crippen LogP contribution in [0.4, 0.5) is 0 Å². The number of hydrogen-bond acceptors (Lipinski definition) is 1. The second-order valence-corrected chi connectivity index (χ2v) is 8.30. The Kier molecular flexibility index (Phi) is 5.00. The number of alkyl halides is 1. The molecule has 0 N–H and O–H groups in total. The van der Waals surface area contributed by atoms with E-state index in [0.717, 1.165) is 6.42 Å². The molecule has 1 aromatic rings. The Bertz CT molecular complexity index is 449. The van der Waals surface area contributed by atoms with E-state index in [-0.39, 0.29) is 21.4 Å². The quantitative estimate of drug-likeness (QED) is 0.722. The summed E-state index contributed by atoms with van der Waals surface area (Å²) in [4.78, 5) is 12.2. The predicted molar refractivity (Wildman–Crippen MR) is 86.0 cm³/mol. The van der Waals surface area contributed by atoms with Gasteiger partial charge in [-0.15, -0.1) is 0 Å². The van der Waals surface area contributed by atoms with Gasteiger partial charge >= 0.3 is 0 Å². The highest BCUT2D eigenvalue weighted by Gasteiger charge is 2.29. The van der Waals surface area contributed by atoms with Crippen molar-refractivity contribution in [3.63, 3.8) is 0 Å². The molecule has 0 bridgehead atoms. The third-order valence-corrected chi connectivity index (χ3v) is 3.99. The van der Waals surface area contributed by atoms with Crippen LogP contribution in [0.5, 0.6) is 0 Å². The van der Waals surface area contributed by atoms with Gasteiger partial charge in [0.1, 0.15) is 0 Å². The molecular formula is C17H25BrO. The molecule has 0 heterocycles. The van der Waals surface area contributed by atoms with Crippen molar-refractivity contribution < 1.29 is 4.79 Å². The average Bonchev–Trinajstić information content (AvgIpc) is 2.26. The van der Waals surface area contributed by atoms with Crippen molar-refractivity contribution in [2.75, 3.05) is 0 Å². The molecule has 1 nitrogen and oxygen atoms in total. The minimum atomic E-state index is -0.301. The summed E-state index contributed by atoms with van der Waals surface area (Å²) in [5.74, 6) is 0.260. The number of Topliss-reactive ketones (excluding diaryl/α,β-unsaturated/α-hetero) is 1. The molecule has 0 amide bonds. The predicted octanol–water partition coefficient (Wildman–Crippen LogP) is 4.91. The number of halogens is 1. The molecular weight excluding hydrogens is 300 g/mol. The van der Waals surface area contributed by atoms with Gasteiger partial charge in [0, 0.05) is 5.41 Å². The van der Waals surface area contributed by atoms with E-state index in [1.165, 1.54) is 11.1 Å². The number of rotatable bonds is 3. The van der Waals surface area contributed by atoms with Crippen LogP contribution >= 0.6 is 15.9 Å². The fourth-order valence-corrected chi connectivity index (χ4v) is 3.22. The van der Waals surface area contributed by atoms with Gasteiger partial charge in [-0.3, -0.25) is 4.79 Å². The Balaban J connectivity index is 2.98. The van der Waals surface area contributed by atoms with Crippen molar-refractivity contribution in [3.8, 4) is 0 Å². The van der Waals surface area contributed by atoms with Gasteiger partial charge in [0.15, 0.2) is 5.78 Å². The Morgan fingerprint density at radius 3 is 2.11 bits per heavy atom. The third-order valence-electron chi connectivity index (χ3n) is 3.25. The van der Waals surface area contributed by atoms with Gasteiger partial charge in [-0.1, -0.05) is 81.7 Å². The highest BCUT2D eigenvalue weighted by molar-refractivity contribution is 9.10. The summed E-state index contributed by atoms with van der Waals surface area (Å²) in [5.41, 5.74) is 2.38. The van der Waals surface area contributed by atoms with Crippen molar-refractivity contribution in [3.05, 3.63) is 35.4 Å². The van der Waals surface area contributed by atoms with E-state index in [0.29, 0.717) is 0 Å². The standard InChI is InChI=1S/C17H25BrO/c1-16(2,3)13-10-8-7-9-12(13)11-14(18)15(19)17(4,5)6/h7-10,14H,11H2,1-6H3. The zero-order valence-electron chi connectivity index (χ0n) is 12.9. The first-order chi connectivity index (χ1) is 8.53. The van der Waals surface area contributed by atoms with E-state index < -0.39 is 0 Å². The van der Waals surface area contributed by atoms with Crippen molar-refractivity contribution in [1.29, 1.82) is 0 Å². The van der Waals surface area contributed by atoms with E-state index >= 15 is 0 Å². The molecule has 1 unspecified atom stereocenters. The zero-order chi connectivity index (χ0) is 14.8. The van der Waals surface area contributed by atoms with Gasteiger partial charge in [-0.05, 0) is 23.0 Å². The van der Waals surface area contributed by atoms with Crippen LogP contribution in [-0.2, 0) is 16.6 Å². The lowest BCUT2D eigenvalue weighted by Gasteiger charge is -2.25. The molecule has 1 rings (SSSR count). The lowest BCUT2D eigenvalue weighted by Crippen LogP contribution is -2.30. The topological polar surface area (TPSA) is 17.1 Å². The van der Waals surface area contributed by atoms with Crippen LogP contribution in [0.2, 0.25) is 0 Å². The SMILES string of the molecule is CC(C)(C)C(=O)C(Br)Cc1ccccc1C(C)(C)C. The fourth-order valence-electron chi connectivity index (χ4n) is 2.19. The first-order valence-corrected chi connectivity index (χ1v) is 7.72. The van der Waals surface area contributed by atoms with Crippen LogP contribution in [-0.4, -0.2) is 10.6 Å². The van der Waals surface area contributed by atoms with Crippen molar-refractivity contribution >= 4 is 21.7 Å². The van der Waals surface area contributed by atoms with Crippen LogP contribution in [0.25, 0.3) is 0 Å². The number of ketones is 1. The molecule has 0 saturated heterocycles. The summed E-state index contributed by atoms with van der Waals surface area (Å²) >= 11 is 3.57. The van der Waals surface area contributed by atoms with E-state index in [1.807, 2.05) is 26.8 Å². The lowest BCUT2D eigenvalue weighted by atomic mass is 9.81. The molecule has 2 heteroatoms. The van der Waals surface area contributed by atoms with E-state index in [9.17, 15) is 4.79 Å². The Morgan fingerprint density at radius 2 is 1.63 bits per heavy atom. The second kappa shape index (κ2) is 5.78. The monoisotopic (exact) mass is 324 g/mol. The molecule has 0 aliphatic carbocycles. The zero-order valence-corrected chi connectivity index (χ0v) is 14.5. The molecule has 0 radical (unpaired) electrons. The fraction of sp³-hybridized carbons (Fsp3) is 0.588. The van der Waals surface area contributed by atoms with Gasteiger partial charge in [0.25, 0.3) is 0 Å². The van der Waals surface area contributed by atoms with Crippen LogP contribution in [0.3, 0.4) is 0 Å². The molecule has 0 aromatic heterocycles. The van der Waals surface area contributed by atoms with Gasteiger partial charge < -0.3 is 0 Å². The van der Waals surface area contributed by atoms with Gasteiger partial charge in [0.05, 0.1) is 4.83 Å². The number of benzene rings is 1. The van der Waals surface area contributed by atoms with Gasteiger partial charge in [-0.2, -0.15) is 0 Å². The second-order valence-electron chi connectivity index (χ2n) is 7.19. The summed E-state index contributed by atoms with van der Waals surface area (Å²) in [6.07, 6.45) is 0.754. The Hall–Kier alpha value is -0.630. The molecule has 0 spiro atoms. The molecule has 1 atom stereocenters. The normalized spacial score (nSPS) is 14.3. The Labute approximate surface area is 125 Å². The minimum absolute atomic E-state index is 0.105. The first-order valence-electron chi connectivity index (χ1n) is 6.80. The summed E-state index contributed by atoms with van der Waals surface area (Å²) in [7, 11) is 0. The molecule has 0 saturated carbocycles. The minimum Gasteiger partial charge on any atom is -0.298 e. The molecule has 0 aliphatic rings. The maximum absolute atomic E-state index is 12.3. The van der Waals surface area contributed by atoms with E-state index in [4.69, 9.17) is 0 Å². The van der Waals surface area contributed by atoms with Crippen LogP contribution < -0.4 is 0 Å². The summed E-state index contributed by atoms with van der Waals surface area (Å²) in [5, 5.41) is 0. The largest absolute Gasteiger partial charge is 0.298 e. The molecule has 0 fully saturated rings. The first kappa shape index (κ1) is 16.4. The third kappa shape index (κ3) is 4.45. The van der Waals surface area contributed by atoms with Crippen molar-refractivity contribution in [2.24, 2.45) is 5.41 Å². The summed E-state index contributed by atoms with van der Waals surface area (Å²) in [6, 6.07) is 8.41. The Morgan fingerprint density at radius 1 is 1.11 bits per heavy atom. The average molecular weight is 325 g/mol. The number of hydrogen-bond donors (Lipinski definition) is 0. The highest BCUT2D eigenvalue weighted by atomic mass is 79.9. The van der Waals surface area contributed by atoms with Crippen molar-refractivity contribution in [2.45, 2.75) is 58.2 Å². The van der Waals surface area contributed by atoms with E-state index in [1.54, 1.807) is 0 Å². The van der Waals surface area contributed by atoms with Crippen molar-refractivity contribution in [1.82, 2.24) is 0 Å². The molecule has 106 valence electrons. The van der Waals surface area contributed by atoms with Crippen LogP contribution in [0, 0.1) is 5.41 Å². The molecule has 0 aliphatic heterocycles. The maximum atomic E-state index is 12.3. The van der Waals surface area contributed by atoms with Crippen LogP contribution in [0.1, 0.15) is 52.7 Å². The van der Waals surface area contributed by atoms with Gasteiger partial charge in [0.2, 0.25) is 0 Å². The van der Waals surface area contributed by atoms with Crippen LogP contribution in [0.15, 0.2) is 24.3 Å². The lowest BCUT2D eigenvalue weighted by molar-refractivity contribution is -0.125. The number of carbonyl (C=O) groups is 1. The molecule has 19 heavy (non-hydrogen) atoms. The smallest absolute Gasteiger partial charge is 0.152 e. The summed E-state index contributed by atoms with van der Waals surface area (Å²) in [6.45, 7) is 12.5. The van der Waals surface area contributed by atoms with E-state index in [2.05, 4.69) is 54.9 Å². The molecule has 1 aromatic carbocycles. The maximum Gasteiger partial charge on any atom is 0.152 e. The number of carbonyl (C=O) groups excluding carboxylic acids is 1.